The standard InChI is InChI=1S/C14H16N2/c1-2-7-13-11(5-1)12-6-3-4-9-15-10-8-14(12)16-13/h1-5,7,15-16H,6,8-10H2/b4-3-. The van der Waals surface area contributed by atoms with Crippen molar-refractivity contribution in [1.29, 1.82) is 0 Å². The van der Waals surface area contributed by atoms with Crippen molar-refractivity contribution in [2.75, 3.05) is 13.1 Å². The first-order valence-electron chi connectivity index (χ1n) is 5.89. The summed E-state index contributed by atoms with van der Waals surface area (Å²) >= 11 is 0. The Kier molecular flexibility index (Phi) is 2.50. The molecular weight excluding hydrogens is 196 g/mol. The van der Waals surface area contributed by atoms with Crippen LogP contribution in [0.1, 0.15) is 11.3 Å². The van der Waals surface area contributed by atoms with Gasteiger partial charge in [-0.3, -0.25) is 0 Å². The molecule has 0 aliphatic carbocycles. The summed E-state index contributed by atoms with van der Waals surface area (Å²) in [5.74, 6) is 0. The van der Waals surface area contributed by atoms with E-state index < -0.39 is 0 Å². The average Bonchev–Trinajstić information content (AvgIpc) is 2.69. The summed E-state index contributed by atoms with van der Waals surface area (Å²) in [5, 5.41) is 4.78. The normalized spacial score (nSPS) is 18.5. The van der Waals surface area contributed by atoms with Gasteiger partial charge in [-0.15, -0.1) is 0 Å². The highest BCUT2D eigenvalue weighted by atomic mass is 14.8. The highest BCUT2D eigenvalue weighted by Crippen LogP contribution is 2.23. The van der Waals surface area contributed by atoms with Gasteiger partial charge in [0, 0.05) is 36.1 Å². The summed E-state index contributed by atoms with van der Waals surface area (Å²) in [7, 11) is 0. The number of nitrogens with one attached hydrogen (secondary N) is 2. The van der Waals surface area contributed by atoms with Gasteiger partial charge in [0.2, 0.25) is 0 Å². The number of H-pyrrole nitrogens is 1. The second kappa shape index (κ2) is 4.14. The maximum absolute atomic E-state index is 3.54. The first-order chi connectivity index (χ1) is 7.95. The molecule has 2 aromatic rings. The maximum Gasteiger partial charge on any atom is 0.0459 e. The Morgan fingerprint density at radius 2 is 2.00 bits per heavy atom. The third-order valence-corrected chi connectivity index (χ3v) is 3.20. The van der Waals surface area contributed by atoms with Gasteiger partial charge in [0.05, 0.1) is 0 Å². The molecule has 0 spiro atoms. The van der Waals surface area contributed by atoms with Gasteiger partial charge in [-0.1, -0.05) is 30.4 Å². The highest BCUT2D eigenvalue weighted by Gasteiger charge is 2.09. The Labute approximate surface area is 95.4 Å². The third kappa shape index (κ3) is 1.65. The smallest absolute Gasteiger partial charge is 0.0459 e. The SMILES string of the molecule is C1=C\Cc2c([nH]c3ccccc23)CCNC/1. The van der Waals surface area contributed by atoms with Gasteiger partial charge in [-0.05, 0) is 18.1 Å². The van der Waals surface area contributed by atoms with Gasteiger partial charge in [-0.25, -0.2) is 0 Å². The quantitative estimate of drug-likeness (QED) is 0.645. The lowest BCUT2D eigenvalue weighted by atomic mass is 10.1. The number of rotatable bonds is 0. The van der Waals surface area contributed by atoms with E-state index in [4.69, 9.17) is 0 Å². The lowest BCUT2D eigenvalue weighted by Crippen LogP contribution is -2.16. The van der Waals surface area contributed by atoms with Crippen molar-refractivity contribution in [3.8, 4) is 0 Å². The van der Waals surface area contributed by atoms with Crippen molar-refractivity contribution < 1.29 is 0 Å². The molecule has 0 saturated carbocycles. The fraction of sp³-hybridized carbons (Fsp3) is 0.286. The number of allylic oxidation sites excluding steroid dienone is 1. The predicted molar refractivity (Wildman–Crippen MR) is 67.7 cm³/mol. The molecular formula is C14H16N2. The molecule has 2 heterocycles. The van der Waals surface area contributed by atoms with Crippen LogP contribution in [0.15, 0.2) is 36.4 Å². The second-order valence-electron chi connectivity index (χ2n) is 4.26. The molecule has 16 heavy (non-hydrogen) atoms. The van der Waals surface area contributed by atoms with Crippen LogP contribution in [-0.2, 0) is 12.8 Å². The molecule has 1 aromatic heterocycles. The maximum atomic E-state index is 3.54. The molecule has 3 rings (SSSR count). The van der Waals surface area contributed by atoms with Crippen LogP contribution in [0, 0.1) is 0 Å². The van der Waals surface area contributed by atoms with Crippen LogP contribution >= 0.6 is 0 Å². The zero-order valence-electron chi connectivity index (χ0n) is 9.29. The van der Waals surface area contributed by atoms with Crippen LogP contribution < -0.4 is 5.32 Å². The summed E-state index contributed by atoms with van der Waals surface area (Å²) < 4.78 is 0. The molecule has 0 unspecified atom stereocenters. The number of benzene rings is 1. The molecule has 2 heteroatoms. The Morgan fingerprint density at radius 1 is 1.06 bits per heavy atom. The zero-order chi connectivity index (χ0) is 10.8. The van der Waals surface area contributed by atoms with E-state index >= 15 is 0 Å². The van der Waals surface area contributed by atoms with E-state index in [0.717, 1.165) is 25.9 Å². The summed E-state index contributed by atoms with van der Waals surface area (Å²) in [6, 6.07) is 8.58. The lowest BCUT2D eigenvalue weighted by molar-refractivity contribution is 0.738. The second-order valence-corrected chi connectivity index (χ2v) is 4.26. The van der Waals surface area contributed by atoms with Crippen molar-refractivity contribution in [2.45, 2.75) is 12.8 Å². The van der Waals surface area contributed by atoms with Gasteiger partial charge < -0.3 is 10.3 Å². The monoisotopic (exact) mass is 212 g/mol. The summed E-state index contributed by atoms with van der Waals surface area (Å²) in [5.41, 5.74) is 4.12. The minimum Gasteiger partial charge on any atom is -0.358 e. The lowest BCUT2D eigenvalue weighted by Gasteiger charge is -2.01. The number of fused-ring (bicyclic) bond motifs is 3. The number of aromatic amines is 1. The van der Waals surface area contributed by atoms with Crippen LogP contribution in [0.5, 0.6) is 0 Å². The molecule has 2 N–H and O–H groups in total. The van der Waals surface area contributed by atoms with Crippen molar-refractivity contribution in [2.24, 2.45) is 0 Å². The molecule has 0 atom stereocenters. The summed E-state index contributed by atoms with van der Waals surface area (Å²) in [6.07, 6.45) is 6.61. The summed E-state index contributed by atoms with van der Waals surface area (Å²) in [4.78, 5) is 3.54. The molecule has 1 aliphatic heterocycles. The van der Waals surface area contributed by atoms with E-state index in [-0.39, 0.29) is 0 Å². The van der Waals surface area contributed by atoms with Crippen LogP contribution in [0.25, 0.3) is 10.9 Å². The average molecular weight is 212 g/mol. The Bertz CT molecular complexity index is 523. The molecule has 0 fully saturated rings. The fourth-order valence-electron chi connectivity index (χ4n) is 2.39. The van der Waals surface area contributed by atoms with Crippen LogP contribution in [0.3, 0.4) is 0 Å². The van der Waals surface area contributed by atoms with E-state index in [9.17, 15) is 0 Å². The molecule has 0 bridgehead atoms. The molecule has 82 valence electrons. The van der Waals surface area contributed by atoms with Crippen LogP contribution in [-0.4, -0.2) is 18.1 Å². The minimum absolute atomic E-state index is 0.988. The molecule has 0 amide bonds. The minimum atomic E-state index is 0.988. The third-order valence-electron chi connectivity index (χ3n) is 3.20. The molecule has 1 aliphatic rings. The Hall–Kier alpha value is -1.54. The molecule has 0 radical (unpaired) electrons. The molecule has 2 nitrogen and oxygen atoms in total. The van der Waals surface area contributed by atoms with Gasteiger partial charge in [0.1, 0.15) is 0 Å². The number of hydrogen-bond acceptors (Lipinski definition) is 1. The fourth-order valence-corrected chi connectivity index (χ4v) is 2.39. The number of aromatic nitrogens is 1. The van der Waals surface area contributed by atoms with Gasteiger partial charge >= 0.3 is 0 Å². The zero-order valence-corrected chi connectivity index (χ0v) is 9.29. The molecule has 0 saturated heterocycles. The first kappa shape index (κ1) is 9.67. The number of hydrogen-bond donors (Lipinski definition) is 2. The van der Waals surface area contributed by atoms with Crippen LogP contribution in [0.4, 0.5) is 0 Å². The number of para-hydroxylation sites is 1. The Morgan fingerprint density at radius 3 is 3.00 bits per heavy atom. The summed E-state index contributed by atoms with van der Waals surface area (Å²) in [6.45, 7) is 2.03. The van der Waals surface area contributed by atoms with E-state index in [1.54, 1.807) is 0 Å². The molecule has 1 aromatic carbocycles. The van der Waals surface area contributed by atoms with Crippen molar-refractivity contribution in [1.82, 2.24) is 10.3 Å². The van der Waals surface area contributed by atoms with Gasteiger partial charge in [0.25, 0.3) is 0 Å². The van der Waals surface area contributed by atoms with E-state index in [1.165, 1.54) is 22.2 Å². The Balaban J connectivity index is 2.14. The topological polar surface area (TPSA) is 27.8 Å². The van der Waals surface area contributed by atoms with Crippen molar-refractivity contribution in [3.05, 3.63) is 47.7 Å². The first-order valence-corrected chi connectivity index (χ1v) is 5.89. The largest absolute Gasteiger partial charge is 0.358 e. The highest BCUT2D eigenvalue weighted by molar-refractivity contribution is 5.84. The van der Waals surface area contributed by atoms with E-state index in [2.05, 4.69) is 46.7 Å². The van der Waals surface area contributed by atoms with Gasteiger partial charge in [0.15, 0.2) is 0 Å². The van der Waals surface area contributed by atoms with E-state index in [0.29, 0.717) is 0 Å². The predicted octanol–water partition coefficient (Wildman–Crippen LogP) is 2.41. The van der Waals surface area contributed by atoms with Crippen molar-refractivity contribution >= 4 is 10.9 Å². The van der Waals surface area contributed by atoms with Crippen molar-refractivity contribution in [3.63, 3.8) is 0 Å². The van der Waals surface area contributed by atoms with E-state index in [1.807, 2.05) is 0 Å². The van der Waals surface area contributed by atoms with Gasteiger partial charge in [-0.2, -0.15) is 0 Å². The van der Waals surface area contributed by atoms with Crippen LogP contribution in [0.2, 0.25) is 0 Å².